The molecule has 0 spiro atoms. The maximum atomic E-state index is 12.4. The van der Waals surface area contributed by atoms with Gasteiger partial charge in [0.25, 0.3) is 0 Å². The maximum Gasteiger partial charge on any atom is 0.432 e. The summed E-state index contributed by atoms with van der Waals surface area (Å²) in [6.45, 7) is 3.86. The summed E-state index contributed by atoms with van der Waals surface area (Å²) in [7, 11) is 0. The molecule has 0 amide bonds. The first-order valence-corrected chi connectivity index (χ1v) is 5.08. The molecule has 1 N–H and O–H groups in total. The van der Waals surface area contributed by atoms with Gasteiger partial charge in [0.05, 0.1) is 5.69 Å². The van der Waals surface area contributed by atoms with Crippen molar-refractivity contribution < 1.29 is 13.2 Å². The van der Waals surface area contributed by atoms with Crippen LogP contribution in [0.25, 0.3) is 11.3 Å². The first kappa shape index (κ1) is 11.7. The van der Waals surface area contributed by atoms with Crippen molar-refractivity contribution in [1.29, 1.82) is 0 Å². The van der Waals surface area contributed by atoms with Crippen molar-refractivity contribution in [1.82, 2.24) is 10.2 Å². The molecule has 0 saturated heterocycles. The molecule has 1 aromatic carbocycles. The molecule has 0 aliphatic heterocycles. The van der Waals surface area contributed by atoms with Crippen molar-refractivity contribution in [2.24, 2.45) is 0 Å². The van der Waals surface area contributed by atoms with E-state index in [4.69, 9.17) is 0 Å². The summed E-state index contributed by atoms with van der Waals surface area (Å²) in [6.07, 6.45) is -4.38. The maximum absolute atomic E-state index is 12.4. The first-order chi connectivity index (χ1) is 7.88. The van der Waals surface area contributed by atoms with Gasteiger partial charge in [0.1, 0.15) is 5.69 Å². The predicted molar refractivity (Wildman–Crippen MR) is 58.5 cm³/mol. The van der Waals surface area contributed by atoms with E-state index in [1.165, 1.54) is 0 Å². The van der Waals surface area contributed by atoms with Crippen LogP contribution in [-0.2, 0) is 6.18 Å². The fourth-order valence-corrected chi connectivity index (χ4v) is 1.52. The van der Waals surface area contributed by atoms with E-state index in [-0.39, 0.29) is 0 Å². The van der Waals surface area contributed by atoms with Gasteiger partial charge in [0.15, 0.2) is 0 Å². The Morgan fingerprint density at radius 2 is 1.76 bits per heavy atom. The lowest BCUT2D eigenvalue weighted by Crippen LogP contribution is -2.04. The molecule has 0 radical (unpaired) electrons. The van der Waals surface area contributed by atoms with Gasteiger partial charge in [0, 0.05) is 5.56 Å². The molecule has 0 aliphatic carbocycles. The number of H-pyrrole nitrogens is 1. The lowest BCUT2D eigenvalue weighted by atomic mass is 10.0. The Bertz CT molecular complexity index is 541. The third-order valence-electron chi connectivity index (χ3n) is 2.69. The SMILES string of the molecule is Cc1ccc(-c2cc(C(F)(F)F)[nH]n2)cc1C. The van der Waals surface area contributed by atoms with Crippen molar-refractivity contribution in [2.45, 2.75) is 20.0 Å². The second-order valence-corrected chi connectivity index (χ2v) is 3.96. The number of benzene rings is 1. The van der Waals surface area contributed by atoms with Gasteiger partial charge >= 0.3 is 6.18 Å². The molecule has 0 bridgehead atoms. The third kappa shape index (κ3) is 2.33. The lowest BCUT2D eigenvalue weighted by molar-refractivity contribution is -0.141. The van der Waals surface area contributed by atoms with E-state index < -0.39 is 11.9 Å². The molecular weight excluding hydrogens is 229 g/mol. The number of hydrogen-bond acceptors (Lipinski definition) is 1. The summed E-state index contributed by atoms with van der Waals surface area (Å²) in [5.74, 6) is 0. The number of aromatic amines is 1. The highest BCUT2D eigenvalue weighted by atomic mass is 19.4. The molecule has 17 heavy (non-hydrogen) atoms. The molecule has 90 valence electrons. The average Bonchev–Trinajstić information content (AvgIpc) is 2.70. The average molecular weight is 240 g/mol. The van der Waals surface area contributed by atoms with Crippen molar-refractivity contribution in [3.05, 3.63) is 41.1 Å². The molecule has 0 saturated carbocycles. The molecule has 0 unspecified atom stereocenters. The molecule has 2 nitrogen and oxygen atoms in total. The van der Waals surface area contributed by atoms with Gasteiger partial charge < -0.3 is 0 Å². The third-order valence-corrected chi connectivity index (χ3v) is 2.69. The zero-order valence-electron chi connectivity index (χ0n) is 9.39. The Morgan fingerprint density at radius 3 is 2.29 bits per heavy atom. The predicted octanol–water partition coefficient (Wildman–Crippen LogP) is 3.71. The number of aryl methyl sites for hydroxylation is 2. The second-order valence-electron chi connectivity index (χ2n) is 3.96. The van der Waals surface area contributed by atoms with Gasteiger partial charge in [-0.3, -0.25) is 5.10 Å². The summed E-state index contributed by atoms with van der Waals surface area (Å²) < 4.78 is 37.2. The topological polar surface area (TPSA) is 28.7 Å². The molecule has 0 atom stereocenters. The quantitative estimate of drug-likeness (QED) is 0.808. The molecule has 5 heteroatoms. The second kappa shape index (κ2) is 3.91. The molecule has 0 aliphatic rings. The van der Waals surface area contributed by atoms with E-state index in [1.54, 1.807) is 6.07 Å². The number of rotatable bonds is 1. The van der Waals surface area contributed by atoms with Gasteiger partial charge in [-0.1, -0.05) is 12.1 Å². The van der Waals surface area contributed by atoms with E-state index in [2.05, 4.69) is 5.10 Å². The summed E-state index contributed by atoms with van der Waals surface area (Å²) in [4.78, 5) is 0. The zero-order valence-corrected chi connectivity index (χ0v) is 9.39. The zero-order chi connectivity index (χ0) is 12.6. The molecule has 2 rings (SSSR count). The highest BCUT2D eigenvalue weighted by Gasteiger charge is 2.33. The molecule has 1 heterocycles. The largest absolute Gasteiger partial charge is 0.432 e. The van der Waals surface area contributed by atoms with Crippen LogP contribution in [0.3, 0.4) is 0 Å². The van der Waals surface area contributed by atoms with Crippen molar-refractivity contribution in [3.8, 4) is 11.3 Å². The number of halogens is 3. The minimum atomic E-state index is -4.38. The van der Waals surface area contributed by atoms with Crippen LogP contribution in [0.15, 0.2) is 24.3 Å². The number of nitrogens with zero attached hydrogens (tertiary/aromatic N) is 1. The standard InChI is InChI=1S/C12H11F3N2/c1-7-3-4-9(5-8(7)2)10-6-11(17-16-10)12(13,14)15/h3-6H,1-2H3,(H,16,17). The highest BCUT2D eigenvalue weighted by Crippen LogP contribution is 2.30. The van der Waals surface area contributed by atoms with Gasteiger partial charge in [-0.25, -0.2) is 0 Å². The van der Waals surface area contributed by atoms with Crippen LogP contribution in [0.4, 0.5) is 13.2 Å². The highest BCUT2D eigenvalue weighted by molar-refractivity contribution is 5.61. The van der Waals surface area contributed by atoms with Crippen LogP contribution in [0.1, 0.15) is 16.8 Å². The van der Waals surface area contributed by atoms with E-state index in [0.29, 0.717) is 11.3 Å². The van der Waals surface area contributed by atoms with Crippen LogP contribution in [-0.4, -0.2) is 10.2 Å². The summed E-state index contributed by atoms with van der Waals surface area (Å²) in [6, 6.07) is 6.47. The molecular formula is C12H11F3N2. The minimum Gasteiger partial charge on any atom is -0.273 e. The van der Waals surface area contributed by atoms with Gasteiger partial charge in [-0.2, -0.15) is 18.3 Å². The Balaban J connectivity index is 2.40. The van der Waals surface area contributed by atoms with Crippen LogP contribution in [0, 0.1) is 13.8 Å². The normalized spacial score (nSPS) is 11.8. The number of alkyl halides is 3. The van der Waals surface area contributed by atoms with Crippen LogP contribution in [0.2, 0.25) is 0 Å². The van der Waals surface area contributed by atoms with E-state index >= 15 is 0 Å². The van der Waals surface area contributed by atoms with E-state index in [1.807, 2.05) is 31.1 Å². The number of hydrogen-bond donors (Lipinski definition) is 1. The smallest absolute Gasteiger partial charge is 0.273 e. The molecule has 1 aromatic heterocycles. The van der Waals surface area contributed by atoms with Crippen molar-refractivity contribution in [3.63, 3.8) is 0 Å². The van der Waals surface area contributed by atoms with Crippen LogP contribution < -0.4 is 0 Å². The van der Waals surface area contributed by atoms with Crippen molar-refractivity contribution in [2.75, 3.05) is 0 Å². The summed E-state index contributed by atoms with van der Waals surface area (Å²) in [5.41, 5.74) is 2.28. The minimum absolute atomic E-state index is 0.306. The first-order valence-electron chi connectivity index (χ1n) is 5.08. The van der Waals surface area contributed by atoms with Crippen LogP contribution in [0.5, 0.6) is 0 Å². The van der Waals surface area contributed by atoms with E-state index in [0.717, 1.165) is 17.2 Å². The Kier molecular flexibility index (Phi) is 2.69. The van der Waals surface area contributed by atoms with Gasteiger partial charge in [-0.05, 0) is 37.1 Å². The molecule has 0 fully saturated rings. The van der Waals surface area contributed by atoms with E-state index in [9.17, 15) is 13.2 Å². The monoisotopic (exact) mass is 240 g/mol. The Morgan fingerprint density at radius 1 is 1.06 bits per heavy atom. The fourth-order valence-electron chi connectivity index (χ4n) is 1.52. The van der Waals surface area contributed by atoms with Gasteiger partial charge in [0.2, 0.25) is 0 Å². The van der Waals surface area contributed by atoms with Gasteiger partial charge in [-0.15, -0.1) is 0 Å². The Hall–Kier alpha value is -1.78. The number of aromatic nitrogens is 2. The fraction of sp³-hybridized carbons (Fsp3) is 0.250. The summed E-state index contributed by atoms with van der Waals surface area (Å²) in [5, 5.41) is 5.68. The lowest BCUT2D eigenvalue weighted by Gasteiger charge is -2.02. The van der Waals surface area contributed by atoms with Crippen molar-refractivity contribution >= 4 is 0 Å². The Labute approximate surface area is 96.5 Å². The van der Waals surface area contributed by atoms with Crippen LogP contribution >= 0.6 is 0 Å². The summed E-state index contributed by atoms with van der Waals surface area (Å²) >= 11 is 0. The molecule has 2 aromatic rings. The number of nitrogens with one attached hydrogen (secondary N) is 1.